The number of carbonyl (C=O) groups is 8. The van der Waals surface area contributed by atoms with E-state index in [-0.39, 0.29) is 116 Å². The van der Waals surface area contributed by atoms with Gasteiger partial charge in [-0.2, -0.15) is 0 Å². The van der Waals surface area contributed by atoms with Crippen LogP contribution < -0.4 is 10.6 Å². The van der Waals surface area contributed by atoms with Crippen molar-refractivity contribution in [2.75, 3.05) is 184 Å². The van der Waals surface area contributed by atoms with E-state index in [1.165, 1.54) is 0 Å². The highest BCUT2D eigenvalue weighted by molar-refractivity contribution is 5.72. The van der Waals surface area contributed by atoms with Gasteiger partial charge in [-0.1, -0.05) is 20.8 Å². The van der Waals surface area contributed by atoms with Gasteiger partial charge in [0.2, 0.25) is 0 Å². The van der Waals surface area contributed by atoms with E-state index in [1.54, 1.807) is 0 Å². The Bertz CT molecular complexity index is 1740. The van der Waals surface area contributed by atoms with E-state index in [0.717, 1.165) is 78.5 Å². The predicted octanol–water partition coefficient (Wildman–Crippen LogP) is 0.348. The highest BCUT2D eigenvalue weighted by Gasteiger charge is 2.40. The van der Waals surface area contributed by atoms with Crippen LogP contribution in [0.5, 0.6) is 0 Å². The quantitative estimate of drug-likeness (QED) is 0.0476. The Labute approximate surface area is 441 Å². The minimum atomic E-state index is -1.37. The molecule has 0 aromatic rings. The molecule has 0 aromatic heterocycles. The summed E-state index contributed by atoms with van der Waals surface area (Å²) in [5.74, 6) is -2.92. The van der Waals surface area contributed by atoms with Gasteiger partial charge in [0, 0.05) is 131 Å². The molecular weight excluding hydrogens is 981 g/mol. The number of hydrogen-bond acceptors (Lipinski definition) is 22. The van der Waals surface area contributed by atoms with Crippen molar-refractivity contribution in [3.63, 3.8) is 0 Å². The average Bonchev–Trinajstić information content (AvgIpc) is 4.17. The second-order valence-corrected chi connectivity index (χ2v) is 22.2. The van der Waals surface area contributed by atoms with Crippen molar-refractivity contribution in [2.45, 2.75) is 72.1 Å². The number of carbonyl (C=O) groups excluding carboxylic acids is 8. The van der Waals surface area contributed by atoms with Gasteiger partial charge in [0.05, 0.1) is 38.5 Å². The Balaban J connectivity index is 0.969. The van der Waals surface area contributed by atoms with Crippen molar-refractivity contribution in [2.24, 2.45) is 22.2 Å². The standard InChI is InChI=1S/C51H84N8O16/c1-40(31-53-48(67)75-39-51(35-71-44(63)7-15-57-24-25-57,36-72-45(64)8-16-58-26-27-58)37-73-46(65)9-17-59-28-29-59)30-49(2,3)10-11-52-47(66)74-38-50(32-68-41(60)4-12-54-18-19-54,33-69-42(61)5-13-55-20-21-55)34-70-43(62)6-14-56-22-23-56/h40H,4-39H2,1-3H3,(H,52,66)(H,53,67)/t40-/m0/s1. The van der Waals surface area contributed by atoms with Gasteiger partial charge in [-0.25, -0.2) is 9.59 Å². The first-order valence-corrected chi connectivity index (χ1v) is 27.0. The molecule has 0 aliphatic carbocycles. The molecular formula is C51H84N8O16. The highest BCUT2D eigenvalue weighted by atomic mass is 16.6. The van der Waals surface area contributed by atoms with Crippen LogP contribution in [0.3, 0.4) is 0 Å². The molecule has 24 heteroatoms. The van der Waals surface area contributed by atoms with Crippen LogP contribution in [0.2, 0.25) is 0 Å². The molecule has 6 heterocycles. The van der Waals surface area contributed by atoms with E-state index in [4.69, 9.17) is 37.9 Å². The van der Waals surface area contributed by atoms with E-state index in [2.05, 4.69) is 40.0 Å². The van der Waals surface area contributed by atoms with Gasteiger partial charge in [-0.3, -0.25) is 28.8 Å². The van der Waals surface area contributed by atoms with E-state index < -0.39 is 58.8 Å². The first-order valence-electron chi connectivity index (χ1n) is 27.0. The molecule has 6 aliphatic rings. The van der Waals surface area contributed by atoms with Gasteiger partial charge in [-0.05, 0) is 24.2 Å². The molecule has 0 saturated carbocycles. The molecule has 0 unspecified atom stereocenters. The van der Waals surface area contributed by atoms with Crippen molar-refractivity contribution in [3.05, 3.63) is 0 Å². The summed E-state index contributed by atoms with van der Waals surface area (Å²) in [4.78, 5) is 116. The number of alkyl carbamates (subject to hydrolysis) is 2. The molecule has 24 nitrogen and oxygen atoms in total. The van der Waals surface area contributed by atoms with Crippen molar-refractivity contribution < 1.29 is 76.3 Å². The lowest BCUT2D eigenvalue weighted by molar-refractivity contribution is -0.168. The van der Waals surface area contributed by atoms with Crippen molar-refractivity contribution in [3.8, 4) is 0 Å². The summed E-state index contributed by atoms with van der Waals surface area (Å²) in [7, 11) is 0. The van der Waals surface area contributed by atoms with Crippen molar-refractivity contribution >= 4 is 48.0 Å². The summed E-state index contributed by atoms with van der Waals surface area (Å²) in [6.07, 6.45) is 0.508. The second kappa shape index (κ2) is 29.6. The summed E-state index contributed by atoms with van der Waals surface area (Å²) < 4.78 is 45.4. The van der Waals surface area contributed by atoms with Crippen LogP contribution in [0.15, 0.2) is 0 Å². The SMILES string of the molecule is C[C@H](CNC(=O)OCC(COC(=O)CCN1CC1)(COC(=O)CCN1CC1)COC(=O)CCN1CC1)CC(C)(C)CCNC(=O)OCC(COC(=O)CCN1CC1)(COC(=O)CCN1CC1)COC(=O)CCN1CC1. The Kier molecular flexibility index (Phi) is 23.4. The van der Waals surface area contributed by atoms with Crippen LogP contribution in [0.4, 0.5) is 9.59 Å². The summed E-state index contributed by atoms with van der Waals surface area (Å²) in [6, 6.07) is 0. The van der Waals surface area contributed by atoms with E-state index >= 15 is 0 Å². The number of hydrogen-bond donors (Lipinski definition) is 2. The molecule has 75 heavy (non-hydrogen) atoms. The Morgan fingerprint density at radius 3 is 0.880 bits per heavy atom. The van der Waals surface area contributed by atoms with Crippen LogP contribution in [0.1, 0.15) is 72.1 Å². The highest BCUT2D eigenvalue weighted by Crippen LogP contribution is 2.29. The molecule has 6 rings (SSSR count). The van der Waals surface area contributed by atoms with Crippen LogP contribution in [-0.4, -0.2) is 261 Å². The monoisotopic (exact) mass is 1060 g/mol. The number of nitrogens with one attached hydrogen (secondary N) is 2. The fourth-order valence-electron chi connectivity index (χ4n) is 8.01. The molecule has 6 aliphatic heterocycles. The summed E-state index contributed by atoms with van der Waals surface area (Å²) in [5, 5.41) is 5.59. The third kappa shape index (κ3) is 26.6. The molecule has 0 aromatic carbocycles. The average molecular weight is 1070 g/mol. The fourth-order valence-corrected chi connectivity index (χ4v) is 8.01. The Morgan fingerprint density at radius 2 is 0.627 bits per heavy atom. The largest absolute Gasteiger partial charge is 0.465 e. The van der Waals surface area contributed by atoms with E-state index in [0.29, 0.717) is 52.1 Å². The zero-order valence-electron chi connectivity index (χ0n) is 44.7. The van der Waals surface area contributed by atoms with Gasteiger partial charge in [0.15, 0.2) is 0 Å². The maximum absolute atomic E-state index is 13.3. The van der Waals surface area contributed by atoms with Gasteiger partial charge >= 0.3 is 48.0 Å². The Morgan fingerprint density at radius 1 is 0.387 bits per heavy atom. The number of esters is 6. The van der Waals surface area contributed by atoms with E-state index in [1.807, 2.05) is 20.8 Å². The molecule has 6 saturated heterocycles. The number of amides is 2. The minimum Gasteiger partial charge on any atom is -0.465 e. The predicted molar refractivity (Wildman–Crippen MR) is 268 cm³/mol. The molecule has 0 spiro atoms. The molecule has 2 N–H and O–H groups in total. The first kappa shape index (κ1) is 59.4. The topological polar surface area (TPSA) is 253 Å². The third-order valence-electron chi connectivity index (χ3n) is 13.9. The zero-order chi connectivity index (χ0) is 53.7. The van der Waals surface area contributed by atoms with Gasteiger partial charge in [0.1, 0.15) is 63.7 Å². The molecule has 0 bridgehead atoms. The lowest BCUT2D eigenvalue weighted by Crippen LogP contribution is -2.45. The molecule has 424 valence electrons. The van der Waals surface area contributed by atoms with Gasteiger partial charge in [-0.15, -0.1) is 0 Å². The molecule has 2 amide bonds. The lowest BCUT2D eigenvalue weighted by Gasteiger charge is -2.32. The first-order chi connectivity index (χ1) is 35.9. The number of ether oxygens (including phenoxy) is 8. The number of rotatable bonds is 41. The smallest absolute Gasteiger partial charge is 0.407 e. The molecule has 6 fully saturated rings. The van der Waals surface area contributed by atoms with Crippen LogP contribution in [0.25, 0.3) is 0 Å². The lowest BCUT2D eigenvalue weighted by atomic mass is 9.80. The summed E-state index contributed by atoms with van der Waals surface area (Å²) in [6.45, 7) is 18.1. The third-order valence-corrected chi connectivity index (χ3v) is 13.9. The van der Waals surface area contributed by atoms with Gasteiger partial charge in [0.25, 0.3) is 0 Å². The van der Waals surface area contributed by atoms with Crippen molar-refractivity contribution in [1.29, 1.82) is 0 Å². The number of nitrogens with zero attached hydrogens (tertiary/aromatic N) is 6. The summed E-state index contributed by atoms with van der Waals surface area (Å²) in [5.41, 5.74) is -3.08. The normalized spacial score (nSPS) is 18.0. The van der Waals surface area contributed by atoms with E-state index in [9.17, 15) is 38.4 Å². The van der Waals surface area contributed by atoms with Gasteiger partial charge < -0.3 is 77.9 Å². The second-order valence-electron chi connectivity index (χ2n) is 22.2. The van der Waals surface area contributed by atoms with Crippen molar-refractivity contribution in [1.82, 2.24) is 40.0 Å². The minimum absolute atomic E-state index is 0.0584. The zero-order valence-corrected chi connectivity index (χ0v) is 44.7. The van der Waals surface area contributed by atoms with Crippen LogP contribution in [0, 0.1) is 22.2 Å². The van der Waals surface area contributed by atoms with Crippen LogP contribution in [-0.2, 0) is 66.7 Å². The Hall–Kier alpha value is -4.88. The maximum Gasteiger partial charge on any atom is 0.407 e. The fraction of sp³-hybridized carbons (Fsp3) is 0.843. The van der Waals surface area contributed by atoms with Crippen LogP contribution >= 0.6 is 0 Å². The summed E-state index contributed by atoms with van der Waals surface area (Å²) >= 11 is 0. The maximum atomic E-state index is 13.3. The molecule has 0 radical (unpaired) electrons. The molecule has 1 atom stereocenters.